The maximum atomic E-state index is 10.5. The topological polar surface area (TPSA) is 29.5 Å². The number of benzene rings is 1. The molecular weight excluding hydrogens is 226 g/mol. The molecule has 0 fully saturated rings. The molecular formula is C15H23NO2. The monoisotopic (exact) mass is 249 g/mol. The molecule has 3 heteroatoms. The largest absolute Gasteiger partial charge is 0.496 e. The van der Waals surface area contributed by atoms with Crippen molar-refractivity contribution in [1.29, 1.82) is 0 Å². The first-order valence-corrected chi connectivity index (χ1v) is 6.18. The lowest BCUT2D eigenvalue weighted by Crippen LogP contribution is -2.21. The van der Waals surface area contributed by atoms with E-state index in [1.807, 2.05) is 18.0 Å². The Kier molecular flexibility index (Phi) is 4.91. The quantitative estimate of drug-likeness (QED) is 0.751. The summed E-state index contributed by atoms with van der Waals surface area (Å²) in [5.41, 5.74) is 2.51. The number of carbonyl (C=O) groups excluding carboxylic acids is 1. The number of ether oxygens (including phenoxy) is 1. The Hall–Kier alpha value is -1.35. The number of nitrogens with zero attached hydrogens (tertiary/aromatic N) is 1. The fraction of sp³-hybridized carbons (Fsp3) is 0.533. The van der Waals surface area contributed by atoms with Crippen molar-refractivity contribution >= 4 is 6.29 Å². The van der Waals surface area contributed by atoms with Crippen molar-refractivity contribution in [3.8, 4) is 5.75 Å². The van der Waals surface area contributed by atoms with Gasteiger partial charge in [0.15, 0.2) is 0 Å². The number of hydrogen-bond donors (Lipinski definition) is 0. The summed E-state index contributed by atoms with van der Waals surface area (Å²) in [5, 5.41) is 0. The highest BCUT2D eigenvalue weighted by Gasteiger charge is 2.16. The summed E-state index contributed by atoms with van der Waals surface area (Å²) in [7, 11) is 3.60. The molecule has 0 aromatic heterocycles. The van der Waals surface area contributed by atoms with Gasteiger partial charge in [0.25, 0.3) is 0 Å². The van der Waals surface area contributed by atoms with Gasteiger partial charge in [-0.1, -0.05) is 32.9 Å². The first kappa shape index (κ1) is 14.7. The van der Waals surface area contributed by atoms with Gasteiger partial charge in [-0.3, -0.25) is 4.90 Å². The number of likely N-dealkylation sites (N-methyl/N-ethyl adjacent to an activating group) is 1. The fourth-order valence-electron chi connectivity index (χ4n) is 1.85. The van der Waals surface area contributed by atoms with Crippen LogP contribution in [-0.4, -0.2) is 31.9 Å². The molecule has 0 amide bonds. The van der Waals surface area contributed by atoms with E-state index in [2.05, 4.69) is 32.9 Å². The maximum Gasteiger partial charge on any atom is 0.133 e. The summed E-state index contributed by atoms with van der Waals surface area (Å²) in [5.74, 6) is 0.876. The van der Waals surface area contributed by atoms with Crippen molar-refractivity contribution in [2.45, 2.75) is 32.7 Å². The molecule has 0 bridgehead atoms. The van der Waals surface area contributed by atoms with Crippen molar-refractivity contribution in [3.63, 3.8) is 0 Å². The Morgan fingerprint density at radius 2 is 2.00 bits per heavy atom. The van der Waals surface area contributed by atoms with Gasteiger partial charge >= 0.3 is 0 Å². The van der Waals surface area contributed by atoms with Crippen molar-refractivity contribution in [2.75, 3.05) is 20.7 Å². The molecule has 0 N–H and O–H groups in total. The Morgan fingerprint density at radius 1 is 1.33 bits per heavy atom. The molecule has 1 aromatic rings. The van der Waals surface area contributed by atoms with Crippen LogP contribution in [0.25, 0.3) is 0 Å². The van der Waals surface area contributed by atoms with Gasteiger partial charge in [-0.15, -0.1) is 0 Å². The van der Waals surface area contributed by atoms with Crippen LogP contribution in [0.15, 0.2) is 18.2 Å². The Balaban J connectivity index is 3.02. The molecule has 0 spiro atoms. The van der Waals surface area contributed by atoms with Crippen LogP contribution >= 0.6 is 0 Å². The van der Waals surface area contributed by atoms with Crippen molar-refractivity contribution in [1.82, 2.24) is 4.90 Å². The molecule has 0 aliphatic heterocycles. The smallest absolute Gasteiger partial charge is 0.133 e. The fourth-order valence-corrected chi connectivity index (χ4v) is 1.85. The molecule has 0 aliphatic rings. The van der Waals surface area contributed by atoms with Gasteiger partial charge in [0, 0.05) is 12.1 Å². The van der Waals surface area contributed by atoms with E-state index in [1.54, 1.807) is 7.11 Å². The minimum absolute atomic E-state index is 0.115. The molecule has 18 heavy (non-hydrogen) atoms. The third-order valence-electron chi connectivity index (χ3n) is 2.97. The number of hydrogen-bond acceptors (Lipinski definition) is 3. The van der Waals surface area contributed by atoms with Crippen molar-refractivity contribution < 1.29 is 9.53 Å². The number of carbonyl (C=O) groups is 1. The zero-order chi connectivity index (χ0) is 13.8. The van der Waals surface area contributed by atoms with Crippen LogP contribution < -0.4 is 4.74 Å². The molecule has 1 rings (SSSR count). The first-order valence-electron chi connectivity index (χ1n) is 6.18. The normalized spacial score (nSPS) is 11.7. The summed E-state index contributed by atoms with van der Waals surface area (Å²) >= 11 is 0. The van der Waals surface area contributed by atoms with Crippen LogP contribution in [-0.2, 0) is 16.8 Å². The van der Waals surface area contributed by atoms with Gasteiger partial charge < -0.3 is 9.53 Å². The highest BCUT2D eigenvalue weighted by atomic mass is 16.5. The zero-order valence-electron chi connectivity index (χ0n) is 12.0. The van der Waals surface area contributed by atoms with Crippen LogP contribution in [0.4, 0.5) is 0 Å². The van der Waals surface area contributed by atoms with Crippen molar-refractivity contribution in [2.24, 2.45) is 0 Å². The molecule has 0 saturated heterocycles. The molecule has 1 aromatic carbocycles. The SMILES string of the molecule is COc1ccc(C(C)(C)C)cc1CN(C)CC=O. The molecule has 0 radical (unpaired) electrons. The lowest BCUT2D eigenvalue weighted by molar-refractivity contribution is -0.108. The van der Waals surface area contributed by atoms with Crippen LogP contribution in [0, 0.1) is 0 Å². The summed E-state index contributed by atoms with van der Waals surface area (Å²) in [6, 6.07) is 6.27. The predicted octanol–water partition coefficient (Wildman–Crippen LogP) is 2.62. The minimum atomic E-state index is 0.115. The summed E-state index contributed by atoms with van der Waals surface area (Å²) < 4.78 is 5.38. The molecule has 3 nitrogen and oxygen atoms in total. The second kappa shape index (κ2) is 6.01. The van der Waals surface area contributed by atoms with E-state index in [4.69, 9.17) is 4.74 Å². The van der Waals surface area contributed by atoms with Crippen LogP contribution in [0.2, 0.25) is 0 Å². The van der Waals surface area contributed by atoms with Crippen LogP contribution in [0.1, 0.15) is 31.9 Å². The lowest BCUT2D eigenvalue weighted by atomic mass is 9.86. The summed E-state index contributed by atoms with van der Waals surface area (Å²) in [6.45, 7) is 7.71. The first-order chi connectivity index (χ1) is 8.38. The number of aldehydes is 1. The zero-order valence-corrected chi connectivity index (χ0v) is 12.0. The van der Waals surface area contributed by atoms with Crippen LogP contribution in [0.5, 0.6) is 5.75 Å². The van der Waals surface area contributed by atoms with E-state index in [9.17, 15) is 4.79 Å². The summed E-state index contributed by atoms with van der Waals surface area (Å²) in [4.78, 5) is 12.5. The lowest BCUT2D eigenvalue weighted by Gasteiger charge is -2.22. The molecule has 0 atom stereocenters. The van der Waals surface area contributed by atoms with Gasteiger partial charge in [0.1, 0.15) is 12.0 Å². The molecule has 0 aliphatic carbocycles. The van der Waals surface area contributed by atoms with Gasteiger partial charge in [-0.25, -0.2) is 0 Å². The average Bonchev–Trinajstić information content (AvgIpc) is 2.28. The Bertz CT molecular complexity index is 407. The standard InChI is InChI=1S/C15H23NO2/c1-15(2,3)13-6-7-14(18-5)12(10-13)11-16(4)8-9-17/h6-7,9-10H,8,11H2,1-5H3. The highest BCUT2D eigenvalue weighted by molar-refractivity contribution is 5.52. The molecule has 0 unspecified atom stereocenters. The Labute approximate surface area is 110 Å². The second-order valence-electron chi connectivity index (χ2n) is 5.64. The van der Waals surface area contributed by atoms with E-state index < -0.39 is 0 Å². The van der Waals surface area contributed by atoms with Crippen LogP contribution in [0.3, 0.4) is 0 Å². The van der Waals surface area contributed by atoms with E-state index in [0.717, 1.165) is 17.6 Å². The Morgan fingerprint density at radius 3 is 2.50 bits per heavy atom. The summed E-state index contributed by atoms with van der Waals surface area (Å²) in [6.07, 6.45) is 0.917. The maximum absolute atomic E-state index is 10.5. The average molecular weight is 249 g/mol. The van der Waals surface area contributed by atoms with E-state index >= 15 is 0 Å². The van der Waals surface area contributed by atoms with Crippen molar-refractivity contribution in [3.05, 3.63) is 29.3 Å². The third kappa shape index (κ3) is 3.84. The van der Waals surface area contributed by atoms with E-state index in [-0.39, 0.29) is 5.41 Å². The number of rotatable bonds is 5. The van der Waals surface area contributed by atoms with Gasteiger partial charge in [-0.05, 0) is 24.1 Å². The number of methoxy groups -OCH3 is 1. The highest BCUT2D eigenvalue weighted by Crippen LogP contribution is 2.28. The van der Waals surface area contributed by atoms with Gasteiger partial charge in [0.2, 0.25) is 0 Å². The molecule has 0 saturated carbocycles. The van der Waals surface area contributed by atoms with Gasteiger partial charge in [-0.2, -0.15) is 0 Å². The minimum Gasteiger partial charge on any atom is -0.496 e. The second-order valence-corrected chi connectivity index (χ2v) is 5.64. The third-order valence-corrected chi connectivity index (χ3v) is 2.97. The van der Waals surface area contributed by atoms with E-state index in [1.165, 1.54) is 5.56 Å². The molecule has 0 heterocycles. The predicted molar refractivity (Wildman–Crippen MR) is 74.1 cm³/mol. The molecule has 100 valence electrons. The van der Waals surface area contributed by atoms with Gasteiger partial charge in [0.05, 0.1) is 13.7 Å². The van der Waals surface area contributed by atoms with E-state index in [0.29, 0.717) is 13.1 Å².